The Morgan fingerprint density at radius 2 is 1.95 bits per heavy atom. The maximum Gasteiger partial charge on any atom is 0.224 e. The van der Waals surface area contributed by atoms with E-state index in [0.717, 1.165) is 28.4 Å². The lowest BCUT2D eigenvalue weighted by atomic mass is 10.1. The van der Waals surface area contributed by atoms with Crippen LogP contribution in [0.4, 0.5) is 5.69 Å². The molecule has 0 bridgehead atoms. The highest BCUT2D eigenvalue weighted by atomic mass is 32.1. The molecule has 100 valence electrons. The summed E-state index contributed by atoms with van der Waals surface area (Å²) < 4.78 is 0. The zero-order valence-corrected chi connectivity index (χ0v) is 12.3. The summed E-state index contributed by atoms with van der Waals surface area (Å²) in [7, 11) is 0. The van der Waals surface area contributed by atoms with Crippen LogP contribution in [0.25, 0.3) is 11.3 Å². The number of aromatic nitrogens is 1. The molecule has 19 heavy (non-hydrogen) atoms. The number of benzene rings is 1. The van der Waals surface area contributed by atoms with Crippen LogP contribution in [0, 0.1) is 13.8 Å². The number of carbonyl (C=O) groups excluding carboxylic acids is 1. The first-order valence-electron chi connectivity index (χ1n) is 6.44. The summed E-state index contributed by atoms with van der Waals surface area (Å²) >= 11 is 1.70. The van der Waals surface area contributed by atoms with Crippen molar-refractivity contribution in [1.29, 1.82) is 0 Å². The summed E-state index contributed by atoms with van der Waals surface area (Å²) in [5.74, 6) is 0.0657. The number of hydrogen-bond acceptors (Lipinski definition) is 3. The SMILES string of the molecule is CCCC(=O)Nc1ccc(-c2nc(C)sc2C)cc1. The van der Waals surface area contributed by atoms with Crippen molar-refractivity contribution in [3.63, 3.8) is 0 Å². The van der Waals surface area contributed by atoms with Crippen molar-refractivity contribution < 1.29 is 4.79 Å². The van der Waals surface area contributed by atoms with Crippen LogP contribution in [-0.4, -0.2) is 10.9 Å². The Labute approximate surface area is 117 Å². The molecular weight excluding hydrogens is 256 g/mol. The predicted octanol–water partition coefficient (Wildman–Crippen LogP) is 4.17. The standard InChI is InChI=1S/C15H18N2OS/c1-4-5-14(18)17-13-8-6-12(7-9-13)15-10(2)19-11(3)16-15/h6-9H,4-5H2,1-3H3,(H,17,18). The van der Waals surface area contributed by atoms with Crippen LogP contribution in [0.1, 0.15) is 29.7 Å². The Balaban J connectivity index is 2.14. The van der Waals surface area contributed by atoms with Crippen LogP contribution in [-0.2, 0) is 4.79 Å². The van der Waals surface area contributed by atoms with E-state index in [1.165, 1.54) is 4.88 Å². The molecule has 0 atom stereocenters. The van der Waals surface area contributed by atoms with Gasteiger partial charge in [-0.3, -0.25) is 4.79 Å². The molecule has 2 rings (SSSR count). The van der Waals surface area contributed by atoms with Gasteiger partial charge in [-0.05, 0) is 32.4 Å². The summed E-state index contributed by atoms with van der Waals surface area (Å²) in [4.78, 5) is 17.3. The van der Waals surface area contributed by atoms with E-state index in [0.29, 0.717) is 6.42 Å². The molecule has 0 saturated heterocycles. The van der Waals surface area contributed by atoms with E-state index in [4.69, 9.17) is 0 Å². The van der Waals surface area contributed by atoms with Gasteiger partial charge in [-0.15, -0.1) is 11.3 Å². The van der Waals surface area contributed by atoms with Gasteiger partial charge >= 0.3 is 0 Å². The van der Waals surface area contributed by atoms with E-state index in [9.17, 15) is 4.79 Å². The minimum Gasteiger partial charge on any atom is -0.326 e. The van der Waals surface area contributed by atoms with E-state index >= 15 is 0 Å². The fraction of sp³-hybridized carbons (Fsp3) is 0.333. The molecule has 0 spiro atoms. The van der Waals surface area contributed by atoms with Crippen LogP contribution in [0.2, 0.25) is 0 Å². The summed E-state index contributed by atoms with van der Waals surface area (Å²) in [6.45, 7) is 6.09. The third-order valence-electron chi connectivity index (χ3n) is 2.82. The zero-order valence-electron chi connectivity index (χ0n) is 11.5. The van der Waals surface area contributed by atoms with Crippen molar-refractivity contribution in [2.45, 2.75) is 33.6 Å². The summed E-state index contributed by atoms with van der Waals surface area (Å²) in [6.07, 6.45) is 1.42. The van der Waals surface area contributed by atoms with Crippen molar-refractivity contribution >= 4 is 22.9 Å². The summed E-state index contributed by atoms with van der Waals surface area (Å²) in [5, 5.41) is 3.96. The molecule has 2 aromatic rings. The van der Waals surface area contributed by atoms with Gasteiger partial charge in [0.1, 0.15) is 0 Å². The maximum absolute atomic E-state index is 11.5. The number of anilines is 1. The number of hydrogen-bond donors (Lipinski definition) is 1. The fourth-order valence-electron chi connectivity index (χ4n) is 1.96. The first kappa shape index (κ1) is 13.7. The van der Waals surface area contributed by atoms with Gasteiger partial charge in [-0.2, -0.15) is 0 Å². The van der Waals surface area contributed by atoms with Crippen molar-refractivity contribution in [3.05, 3.63) is 34.2 Å². The quantitative estimate of drug-likeness (QED) is 0.909. The topological polar surface area (TPSA) is 42.0 Å². The summed E-state index contributed by atoms with van der Waals surface area (Å²) in [5.41, 5.74) is 2.97. The molecule has 0 aliphatic carbocycles. The Hall–Kier alpha value is -1.68. The molecule has 1 aromatic carbocycles. The predicted molar refractivity (Wildman–Crippen MR) is 80.6 cm³/mol. The molecule has 4 heteroatoms. The zero-order chi connectivity index (χ0) is 13.8. The largest absolute Gasteiger partial charge is 0.326 e. The van der Waals surface area contributed by atoms with Crippen molar-refractivity contribution in [2.75, 3.05) is 5.32 Å². The molecule has 0 aliphatic rings. The molecule has 0 fully saturated rings. The lowest BCUT2D eigenvalue weighted by molar-refractivity contribution is -0.116. The van der Waals surface area contributed by atoms with Gasteiger partial charge in [0.2, 0.25) is 5.91 Å². The third kappa shape index (κ3) is 3.41. The van der Waals surface area contributed by atoms with E-state index in [1.807, 2.05) is 38.1 Å². The monoisotopic (exact) mass is 274 g/mol. The van der Waals surface area contributed by atoms with Crippen LogP contribution in [0.3, 0.4) is 0 Å². The summed E-state index contributed by atoms with van der Waals surface area (Å²) in [6, 6.07) is 7.86. The molecule has 3 nitrogen and oxygen atoms in total. The fourth-order valence-corrected chi connectivity index (χ4v) is 2.80. The molecule has 0 aliphatic heterocycles. The number of nitrogens with zero attached hydrogens (tertiary/aromatic N) is 1. The van der Waals surface area contributed by atoms with Gasteiger partial charge in [-0.25, -0.2) is 4.98 Å². The van der Waals surface area contributed by atoms with E-state index < -0.39 is 0 Å². The van der Waals surface area contributed by atoms with Crippen molar-refractivity contribution in [3.8, 4) is 11.3 Å². The van der Waals surface area contributed by atoms with Gasteiger partial charge in [0.05, 0.1) is 10.7 Å². The van der Waals surface area contributed by atoms with Gasteiger partial charge in [-0.1, -0.05) is 19.1 Å². The second kappa shape index (κ2) is 5.97. The number of nitrogens with one attached hydrogen (secondary N) is 1. The molecule has 0 saturated carbocycles. The van der Waals surface area contributed by atoms with Gasteiger partial charge < -0.3 is 5.32 Å². The molecule has 0 unspecified atom stereocenters. The van der Waals surface area contributed by atoms with Crippen LogP contribution in [0.5, 0.6) is 0 Å². The van der Waals surface area contributed by atoms with E-state index in [2.05, 4.69) is 17.2 Å². The number of aryl methyl sites for hydroxylation is 2. The normalized spacial score (nSPS) is 10.5. The van der Waals surface area contributed by atoms with E-state index in [1.54, 1.807) is 11.3 Å². The van der Waals surface area contributed by atoms with E-state index in [-0.39, 0.29) is 5.91 Å². The molecule has 0 radical (unpaired) electrons. The Bertz CT molecular complexity index is 572. The Kier molecular flexibility index (Phi) is 4.32. The maximum atomic E-state index is 11.5. The number of amides is 1. The number of rotatable bonds is 4. The highest BCUT2D eigenvalue weighted by Crippen LogP contribution is 2.27. The van der Waals surface area contributed by atoms with Gasteiger partial charge in [0, 0.05) is 22.5 Å². The van der Waals surface area contributed by atoms with Crippen molar-refractivity contribution in [2.24, 2.45) is 0 Å². The number of carbonyl (C=O) groups is 1. The molecule has 1 aromatic heterocycles. The average Bonchev–Trinajstić information content (AvgIpc) is 2.70. The first-order valence-corrected chi connectivity index (χ1v) is 7.26. The third-order valence-corrected chi connectivity index (χ3v) is 3.71. The smallest absolute Gasteiger partial charge is 0.224 e. The minimum absolute atomic E-state index is 0.0657. The van der Waals surface area contributed by atoms with Crippen LogP contribution in [0.15, 0.2) is 24.3 Å². The second-order valence-electron chi connectivity index (χ2n) is 4.51. The van der Waals surface area contributed by atoms with Crippen molar-refractivity contribution in [1.82, 2.24) is 4.98 Å². The lowest BCUT2D eigenvalue weighted by Gasteiger charge is -2.05. The number of thiazole rings is 1. The highest BCUT2D eigenvalue weighted by Gasteiger charge is 2.07. The average molecular weight is 274 g/mol. The molecule has 1 amide bonds. The lowest BCUT2D eigenvalue weighted by Crippen LogP contribution is -2.10. The molecular formula is C15H18N2OS. The first-order chi connectivity index (χ1) is 9.10. The van der Waals surface area contributed by atoms with Crippen LogP contribution >= 0.6 is 11.3 Å². The van der Waals surface area contributed by atoms with Gasteiger partial charge in [0.15, 0.2) is 0 Å². The second-order valence-corrected chi connectivity index (χ2v) is 5.92. The van der Waals surface area contributed by atoms with Gasteiger partial charge in [0.25, 0.3) is 0 Å². The Morgan fingerprint density at radius 3 is 2.47 bits per heavy atom. The molecule has 1 heterocycles. The highest BCUT2D eigenvalue weighted by molar-refractivity contribution is 7.11. The minimum atomic E-state index is 0.0657. The Morgan fingerprint density at radius 1 is 1.26 bits per heavy atom. The van der Waals surface area contributed by atoms with Crippen LogP contribution < -0.4 is 5.32 Å². The molecule has 1 N–H and O–H groups in total.